The molecule has 1 fully saturated rings. The van der Waals surface area contributed by atoms with Crippen molar-refractivity contribution in [1.82, 2.24) is 20.5 Å². The van der Waals surface area contributed by atoms with E-state index in [0.717, 1.165) is 12.8 Å². The molecule has 92 valence electrons. The predicted octanol–water partition coefficient (Wildman–Crippen LogP) is 1.70. The minimum Gasteiger partial charge on any atom is -0.347 e. The smallest absolute Gasteiger partial charge is 0.291 e. The third-order valence-corrected chi connectivity index (χ3v) is 3.25. The number of hydrogen-bond donors (Lipinski definition) is 1. The van der Waals surface area contributed by atoms with Gasteiger partial charge in [0.15, 0.2) is 0 Å². The van der Waals surface area contributed by atoms with Crippen molar-refractivity contribution >= 4 is 16.9 Å². The van der Waals surface area contributed by atoms with Gasteiger partial charge in [-0.05, 0) is 25.0 Å². The SMILES string of the molecule is O=C(NC1CCCC1)c1nnc2ccccc2n1. The summed E-state index contributed by atoms with van der Waals surface area (Å²) in [7, 11) is 0. The van der Waals surface area contributed by atoms with E-state index in [1.54, 1.807) is 0 Å². The molecule has 0 saturated heterocycles. The minimum absolute atomic E-state index is 0.153. The zero-order valence-corrected chi connectivity index (χ0v) is 9.97. The molecule has 1 aromatic heterocycles. The summed E-state index contributed by atoms with van der Waals surface area (Å²) in [6, 6.07) is 7.67. The van der Waals surface area contributed by atoms with Crippen LogP contribution in [0.15, 0.2) is 24.3 Å². The van der Waals surface area contributed by atoms with Crippen LogP contribution in [0.2, 0.25) is 0 Å². The highest BCUT2D eigenvalue weighted by atomic mass is 16.2. The van der Waals surface area contributed by atoms with Gasteiger partial charge in [0.1, 0.15) is 5.52 Å². The van der Waals surface area contributed by atoms with E-state index in [1.165, 1.54) is 12.8 Å². The summed E-state index contributed by atoms with van der Waals surface area (Å²) in [4.78, 5) is 16.2. The van der Waals surface area contributed by atoms with Gasteiger partial charge in [0.05, 0.1) is 5.52 Å². The Hall–Kier alpha value is -2.04. The average Bonchev–Trinajstić information content (AvgIpc) is 2.91. The van der Waals surface area contributed by atoms with E-state index in [-0.39, 0.29) is 17.8 Å². The van der Waals surface area contributed by atoms with Gasteiger partial charge in [-0.1, -0.05) is 25.0 Å². The summed E-state index contributed by atoms with van der Waals surface area (Å²) in [6.07, 6.45) is 4.46. The number of para-hydroxylation sites is 1. The molecule has 1 heterocycles. The molecular formula is C13H14N4O. The molecule has 0 radical (unpaired) electrons. The van der Waals surface area contributed by atoms with Gasteiger partial charge in [-0.15, -0.1) is 10.2 Å². The molecule has 0 spiro atoms. The molecule has 1 aromatic carbocycles. The molecule has 5 nitrogen and oxygen atoms in total. The van der Waals surface area contributed by atoms with E-state index in [1.807, 2.05) is 24.3 Å². The van der Waals surface area contributed by atoms with Gasteiger partial charge in [0.25, 0.3) is 5.91 Å². The first-order valence-corrected chi connectivity index (χ1v) is 6.23. The molecule has 0 atom stereocenters. The van der Waals surface area contributed by atoms with E-state index in [0.29, 0.717) is 11.0 Å². The van der Waals surface area contributed by atoms with E-state index in [4.69, 9.17) is 0 Å². The first-order valence-electron chi connectivity index (χ1n) is 6.23. The number of carbonyl (C=O) groups excluding carboxylic acids is 1. The van der Waals surface area contributed by atoms with Crippen LogP contribution in [0.3, 0.4) is 0 Å². The Morgan fingerprint density at radius 1 is 1.11 bits per heavy atom. The molecule has 3 rings (SSSR count). The van der Waals surface area contributed by atoms with Crippen LogP contribution >= 0.6 is 0 Å². The van der Waals surface area contributed by atoms with Gasteiger partial charge in [-0.2, -0.15) is 0 Å². The average molecular weight is 242 g/mol. The Morgan fingerprint density at radius 3 is 2.61 bits per heavy atom. The number of hydrogen-bond acceptors (Lipinski definition) is 4. The minimum atomic E-state index is -0.222. The topological polar surface area (TPSA) is 67.8 Å². The molecule has 0 bridgehead atoms. The van der Waals surface area contributed by atoms with Crippen molar-refractivity contribution in [3.05, 3.63) is 30.1 Å². The summed E-state index contributed by atoms with van der Waals surface area (Å²) < 4.78 is 0. The third-order valence-electron chi connectivity index (χ3n) is 3.25. The van der Waals surface area contributed by atoms with Crippen LogP contribution in [0.4, 0.5) is 0 Å². The molecule has 18 heavy (non-hydrogen) atoms. The zero-order valence-electron chi connectivity index (χ0n) is 9.97. The number of carbonyl (C=O) groups is 1. The molecule has 1 aliphatic carbocycles. The second kappa shape index (κ2) is 4.68. The largest absolute Gasteiger partial charge is 0.347 e. The second-order valence-corrected chi connectivity index (χ2v) is 4.58. The molecule has 1 amide bonds. The number of nitrogens with one attached hydrogen (secondary N) is 1. The van der Waals surface area contributed by atoms with Gasteiger partial charge in [-0.3, -0.25) is 4.79 Å². The highest BCUT2D eigenvalue weighted by Crippen LogP contribution is 2.17. The second-order valence-electron chi connectivity index (χ2n) is 4.58. The number of aromatic nitrogens is 3. The number of rotatable bonds is 2. The normalized spacial score (nSPS) is 16.0. The maximum Gasteiger partial charge on any atom is 0.291 e. The van der Waals surface area contributed by atoms with Crippen LogP contribution in [0.1, 0.15) is 36.3 Å². The monoisotopic (exact) mass is 242 g/mol. The van der Waals surface area contributed by atoms with E-state index >= 15 is 0 Å². The highest BCUT2D eigenvalue weighted by molar-refractivity contribution is 5.92. The van der Waals surface area contributed by atoms with Crippen LogP contribution in [0.25, 0.3) is 11.0 Å². The molecule has 1 aliphatic rings. The lowest BCUT2D eigenvalue weighted by Gasteiger charge is -2.10. The van der Waals surface area contributed by atoms with Crippen LogP contribution in [-0.2, 0) is 0 Å². The van der Waals surface area contributed by atoms with E-state index in [2.05, 4.69) is 20.5 Å². The van der Waals surface area contributed by atoms with Gasteiger partial charge in [0, 0.05) is 6.04 Å². The lowest BCUT2D eigenvalue weighted by Crippen LogP contribution is -2.33. The lowest BCUT2D eigenvalue weighted by atomic mass is 10.2. The van der Waals surface area contributed by atoms with Crippen LogP contribution in [-0.4, -0.2) is 27.1 Å². The van der Waals surface area contributed by atoms with Crippen molar-refractivity contribution in [2.75, 3.05) is 0 Å². The molecule has 1 saturated carbocycles. The number of nitrogens with zero attached hydrogens (tertiary/aromatic N) is 3. The van der Waals surface area contributed by atoms with Crippen molar-refractivity contribution in [2.24, 2.45) is 0 Å². The van der Waals surface area contributed by atoms with E-state index < -0.39 is 0 Å². The van der Waals surface area contributed by atoms with Crippen molar-refractivity contribution in [2.45, 2.75) is 31.7 Å². The van der Waals surface area contributed by atoms with Crippen LogP contribution < -0.4 is 5.32 Å². The fourth-order valence-corrected chi connectivity index (χ4v) is 2.30. The zero-order chi connectivity index (χ0) is 12.4. The molecule has 5 heteroatoms. The lowest BCUT2D eigenvalue weighted by molar-refractivity contribution is 0.0926. The first-order chi connectivity index (χ1) is 8.83. The molecule has 0 aliphatic heterocycles. The summed E-state index contributed by atoms with van der Waals surface area (Å²) in [6.45, 7) is 0. The maximum atomic E-state index is 12.0. The molecule has 2 aromatic rings. The summed E-state index contributed by atoms with van der Waals surface area (Å²) in [5.41, 5.74) is 1.40. The number of fused-ring (bicyclic) bond motifs is 1. The van der Waals surface area contributed by atoms with E-state index in [9.17, 15) is 4.79 Å². The summed E-state index contributed by atoms with van der Waals surface area (Å²) in [5, 5.41) is 10.8. The quantitative estimate of drug-likeness (QED) is 0.870. The van der Waals surface area contributed by atoms with Gasteiger partial charge >= 0.3 is 0 Å². The number of amides is 1. The van der Waals surface area contributed by atoms with Crippen LogP contribution in [0.5, 0.6) is 0 Å². The molecule has 0 unspecified atom stereocenters. The van der Waals surface area contributed by atoms with Gasteiger partial charge in [-0.25, -0.2) is 4.98 Å². The Labute approximate surface area is 105 Å². The Morgan fingerprint density at radius 2 is 1.83 bits per heavy atom. The fraction of sp³-hybridized carbons (Fsp3) is 0.385. The number of benzene rings is 1. The molecular weight excluding hydrogens is 228 g/mol. The third kappa shape index (κ3) is 2.16. The summed E-state index contributed by atoms with van der Waals surface area (Å²) in [5.74, 6) is -0.0687. The van der Waals surface area contributed by atoms with Crippen molar-refractivity contribution < 1.29 is 4.79 Å². The van der Waals surface area contributed by atoms with Crippen molar-refractivity contribution in [1.29, 1.82) is 0 Å². The van der Waals surface area contributed by atoms with Gasteiger partial charge < -0.3 is 5.32 Å². The Kier molecular flexibility index (Phi) is 2.88. The Bertz CT molecular complexity index is 578. The van der Waals surface area contributed by atoms with Crippen molar-refractivity contribution in [3.8, 4) is 0 Å². The first kappa shape index (κ1) is 11.1. The fourth-order valence-electron chi connectivity index (χ4n) is 2.30. The van der Waals surface area contributed by atoms with Crippen molar-refractivity contribution in [3.63, 3.8) is 0 Å². The standard InChI is InChI=1S/C13H14N4O/c18-13(14-9-5-1-2-6-9)12-15-10-7-3-4-8-11(10)16-17-12/h3-4,7-9H,1-2,5-6H2,(H,14,18). The predicted molar refractivity (Wildman–Crippen MR) is 67.1 cm³/mol. The molecule has 1 N–H and O–H groups in total. The van der Waals surface area contributed by atoms with Gasteiger partial charge in [0.2, 0.25) is 5.82 Å². The maximum absolute atomic E-state index is 12.0. The Balaban J connectivity index is 1.82. The van der Waals surface area contributed by atoms with Crippen LogP contribution in [0, 0.1) is 0 Å². The summed E-state index contributed by atoms with van der Waals surface area (Å²) >= 11 is 0. The highest BCUT2D eigenvalue weighted by Gasteiger charge is 2.19.